The van der Waals surface area contributed by atoms with Crippen molar-refractivity contribution < 1.29 is 13.2 Å². The fraction of sp³-hybridized carbons (Fsp3) is 0.227. The van der Waals surface area contributed by atoms with Gasteiger partial charge in [-0.1, -0.05) is 60.1 Å². The molecule has 0 heterocycles. The summed E-state index contributed by atoms with van der Waals surface area (Å²) in [7, 11) is -3.70. The molecule has 0 unspecified atom stereocenters. The SMILES string of the molecule is Cc1ccc(N([C@@H](C)C(=O)NCc2cccc3ccccc23)S(C)(=O)=O)cc1Cl. The fourth-order valence-electron chi connectivity index (χ4n) is 3.30. The Labute approximate surface area is 176 Å². The van der Waals surface area contributed by atoms with Crippen LogP contribution < -0.4 is 9.62 Å². The largest absolute Gasteiger partial charge is 0.350 e. The van der Waals surface area contributed by atoms with Crippen LogP contribution in [0.4, 0.5) is 5.69 Å². The lowest BCUT2D eigenvalue weighted by molar-refractivity contribution is -0.122. The number of benzene rings is 3. The smallest absolute Gasteiger partial charge is 0.243 e. The second-order valence-electron chi connectivity index (χ2n) is 7.02. The standard InChI is InChI=1S/C22H23ClN2O3S/c1-15-11-12-19(13-21(15)23)25(29(3,27)28)16(2)22(26)24-14-18-9-6-8-17-7-4-5-10-20(17)18/h4-13,16H,14H2,1-3H3,(H,24,26)/t16-/m0/s1. The minimum absolute atomic E-state index is 0.302. The summed E-state index contributed by atoms with van der Waals surface area (Å²) < 4.78 is 25.9. The van der Waals surface area contributed by atoms with E-state index in [1.165, 1.54) is 0 Å². The van der Waals surface area contributed by atoms with Crippen molar-refractivity contribution in [3.63, 3.8) is 0 Å². The molecule has 0 spiro atoms. The van der Waals surface area contributed by atoms with E-state index in [4.69, 9.17) is 11.6 Å². The highest BCUT2D eigenvalue weighted by Crippen LogP contribution is 2.27. The van der Waals surface area contributed by atoms with Crippen LogP contribution in [0.15, 0.2) is 60.7 Å². The second kappa shape index (κ2) is 8.43. The van der Waals surface area contributed by atoms with Gasteiger partial charge in [0, 0.05) is 11.6 Å². The van der Waals surface area contributed by atoms with Gasteiger partial charge in [0.2, 0.25) is 15.9 Å². The molecular formula is C22H23ClN2O3S. The third kappa shape index (κ3) is 4.71. The lowest BCUT2D eigenvalue weighted by atomic mass is 10.0. The van der Waals surface area contributed by atoms with Gasteiger partial charge in [-0.2, -0.15) is 0 Å². The maximum atomic E-state index is 12.8. The summed E-state index contributed by atoms with van der Waals surface area (Å²) >= 11 is 6.17. The van der Waals surface area contributed by atoms with Crippen molar-refractivity contribution in [3.8, 4) is 0 Å². The molecule has 7 heteroatoms. The van der Waals surface area contributed by atoms with Crippen LogP contribution in [0.25, 0.3) is 10.8 Å². The van der Waals surface area contributed by atoms with E-state index in [0.29, 0.717) is 17.3 Å². The number of nitrogens with one attached hydrogen (secondary N) is 1. The Kier molecular flexibility index (Phi) is 6.15. The Morgan fingerprint density at radius 2 is 1.79 bits per heavy atom. The number of carbonyl (C=O) groups is 1. The number of anilines is 1. The fourth-order valence-corrected chi connectivity index (χ4v) is 4.65. The Morgan fingerprint density at radius 1 is 1.10 bits per heavy atom. The molecule has 5 nitrogen and oxygen atoms in total. The molecule has 152 valence electrons. The van der Waals surface area contributed by atoms with Crippen molar-refractivity contribution >= 4 is 44.0 Å². The summed E-state index contributed by atoms with van der Waals surface area (Å²) in [6, 6.07) is 17.8. The van der Waals surface area contributed by atoms with E-state index in [2.05, 4.69) is 5.32 Å². The van der Waals surface area contributed by atoms with Crippen molar-refractivity contribution in [1.29, 1.82) is 0 Å². The molecule has 1 amide bonds. The highest BCUT2D eigenvalue weighted by atomic mass is 35.5. The molecule has 3 aromatic carbocycles. The Bertz CT molecular complexity index is 1160. The zero-order valence-electron chi connectivity index (χ0n) is 16.5. The zero-order valence-corrected chi connectivity index (χ0v) is 18.1. The number of rotatable bonds is 6. The van der Waals surface area contributed by atoms with Crippen LogP contribution in [-0.4, -0.2) is 26.6 Å². The van der Waals surface area contributed by atoms with Crippen LogP contribution in [-0.2, 0) is 21.4 Å². The van der Waals surface area contributed by atoms with Gasteiger partial charge in [0.25, 0.3) is 0 Å². The van der Waals surface area contributed by atoms with E-state index in [9.17, 15) is 13.2 Å². The van der Waals surface area contributed by atoms with Gasteiger partial charge in [-0.25, -0.2) is 8.42 Å². The van der Waals surface area contributed by atoms with Crippen LogP contribution in [0, 0.1) is 6.92 Å². The monoisotopic (exact) mass is 430 g/mol. The van der Waals surface area contributed by atoms with E-state index in [1.807, 2.05) is 49.4 Å². The summed E-state index contributed by atoms with van der Waals surface area (Å²) in [4.78, 5) is 12.8. The van der Waals surface area contributed by atoms with Gasteiger partial charge in [0.1, 0.15) is 6.04 Å². The molecule has 0 aromatic heterocycles. The summed E-state index contributed by atoms with van der Waals surface area (Å²) in [5.74, 6) is -0.389. The highest BCUT2D eigenvalue weighted by molar-refractivity contribution is 7.92. The van der Waals surface area contributed by atoms with Crippen molar-refractivity contribution in [2.24, 2.45) is 0 Å². The van der Waals surface area contributed by atoms with Crippen molar-refractivity contribution in [2.75, 3.05) is 10.6 Å². The molecule has 0 aliphatic rings. The molecule has 0 radical (unpaired) electrons. The minimum Gasteiger partial charge on any atom is -0.350 e. The molecule has 0 fully saturated rings. The average molecular weight is 431 g/mol. The molecular weight excluding hydrogens is 408 g/mol. The first-order valence-corrected chi connectivity index (χ1v) is 11.4. The lowest BCUT2D eigenvalue weighted by Gasteiger charge is -2.28. The quantitative estimate of drug-likeness (QED) is 0.635. The molecule has 0 saturated carbocycles. The van der Waals surface area contributed by atoms with E-state index < -0.39 is 16.1 Å². The first-order valence-electron chi connectivity index (χ1n) is 9.18. The predicted molar refractivity (Wildman–Crippen MR) is 119 cm³/mol. The number of sulfonamides is 1. The number of hydrogen-bond donors (Lipinski definition) is 1. The molecule has 29 heavy (non-hydrogen) atoms. The summed E-state index contributed by atoms with van der Waals surface area (Å²) in [6.45, 7) is 3.70. The van der Waals surface area contributed by atoms with Crippen LogP contribution in [0.2, 0.25) is 5.02 Å². The molecule has 0 aliphatic heterocycles. The third-order valence-electron chi connectivity index (χ3n) is 4.83. The van der Waals surface area contributed by atoms with Crippen LogP contribution in [0.1, 0.15) is 18.1 Å². The van der Waals surface area contributed by atoms with E-state index >= 15 is 0 Å². The number of hydrogen-bond acceptors (Lipinski definition) is 3. The normalized spacial score (nSPS) is 12.6. The Balaban J connectivity index is 1.83. The summed E-state index contributed by atoms with van der Waals surface area (Å²) in [6.07, 6.45) is 1.08. The predicted octanol–water partition coefficient (Wildman–Crippen LogP) is 4.27. The number of amides is 1. The number of fused-ring (bicyclic) bond motifs is 1. The molecule has 1 N–H and O–H groups in total. The summed E-state index contributed by atoms with van der Waals surface area (Å²) in [5, 5.41) is 5.44. The Morgan fingerprint density at radius 3 is 2.48 bits per heavy atom. The Hall–Kier alpha value is -2.57. The maximum absolute atomic E-state index is 12.8. The zero-order chi connectivity index (χ0) is 21.2. The highest BCUT2D eigenvalue weighted by Gasteiger charge is 2.29. The van der Waals surface area contributed by atoms with Gasteiger partial charge in [0.15, 0.2) is 0 Å². The third-order valence-corrected chi connectivity index (χ3v) is 6.48. The number of carbonyl (C=O) groups excluding carboxylic acids is 1. The number of halogens is 1. The van der Waals surface area contributed by atoms with Gasteiger partial charge in [-0.15, -0.1) is 0 Å². The van der Waals surface area contributed by atoms with Gasteiger partial charge in [-0.3, -0.25) is 9.10 Å². The van der Waals surface area contributed by atoms with E-state index in [1.54, 1.807) is 25.1 Å². The topological polar surface area (TPSA) is 66.5 Å². The molecule has 1 atom stereocenters. The average Bonchev–Trinajstić information content (AvgIpc) is 2.67. The van der Waals surface area contributed by atoms with E-state index in [0.717, 1.165) is 32.5 Å². The van der Waals surface area contributed by atoms with Crippen molar-refractivity contribution in [2.45, 2.75) is 26.4 Å². The minimum atomic E-state index is -3.70. The van der Waals surface area contributed by atoms with Crippen LogP contribution >= 0.6 is 11.6 Å². The molecule has 0 bridgehead atoms. The molecule has 0 saturated heterocycles. The van der Waals surface area contributed by atoms with Crippen molar-refractivity contribution in [1.82, 2.24) is 5.32 Å². The van der Waals surface area contributed by atoms with Crippen molar-refractivity contribution in [3.05, 3.63) is 76.8 Å². The lowest BCUT2D eigenvalue weighted by Crippen LogP contribution is -2.47. The van der Waals surface area contributed by atoms with Gasteiger partial charge in [0.05, 0.1) is 11.9 Å². The maximum Gasteiger partial charge on any atom is 0.243 e. The molecule has 3 aromatic rings. The van der Waals surface area contributed by atoms with E-state index in [-0.39, 0.29) is 5.91 Å². The molecule has 0 aliphatic carbocycles. The second-order valence-corrected chi connectivity index (χ2v) is 9.29. The van der Waals surface area contributed by atoms with Gasteiger partial charge >= 0.3 is 0 Å². The van der Waals surface area contributed by atoms with Gasteiger partial charge < -0.3 is 5.32 Å². The molecule has 3 rings (SSSR count). The van der Waals surface area contributed by atoms with Crippen LogP contribution in [0.3, 0.4) is 0 Å². The number of nitrogens with zero attached hydrogens (tertiary/aromatic N) is 1. The van der Waals surface area contributed by atoms with Crippen LogP contribution in [0.5, 0.6) is 0 Å². The number of aryl methyl sites for hydroxylation is 1. The first-order chi connectivity index (χ1) is 13.7. The summed E-state index contributed by atoms with van der Waals surface area (Å²) in [5.41, 5.74) is 2.15. The van der Waals surface area contributed by atoms with Gasteiger partial charge in [-0.05, 0) is 47.9 Å². The first kappa shape index (κ1) is 21.1.